The van der Waals surface area contributed by atoms with Crippen LogP contribution in [0.25, 0.3) is 0 Å². The number of benzene rings is 1. The molecule has 2 aromatic heterocycles. The van der Waals surface area contributed by atoms with E-state index in [1.165, 1.54) is 5.32 Å². The fourth-order valence-corrected chi connectivity index (χ4v) is 5.85. The number of ether oxygens (including phenoxy) is 4. The number of nitrogens with one attached hydrogen (secondary N) is 2. The second kappa shape index (κ2) is 24.9. The molecule has 0 unspecified atom stereocenters. The predicted octanol–water partition coefficient (Wildman–Crippen LogP) is 17.3. The fourth-order valence-electron chi connectivity index (χ4n) is 5.85. The summed E-state index contributed by atoms with van der Waals surface area (Å²) in [7, 11) is 0. The van der Waals surface area contributed by atoms with Crippen molar-refractivity contribution in [3.63, 3.8) is 0 Å². The molecule has 0 bridgehead atoms. The first kappa shape index (κ1) is 86.8. The van der Waals surface area contributed by atoms with Crippen LogP contribution in [-0.4, -0.2) is 187 Å². The minimum absolute atomic E-state index is 0.0226. The summed E-state index contributed by atoms with van der Waals surface area (Å²) in [6, 6.07) is -11.7. The molecule has 0 saturated heterocycles. The van der Waals surface area contributed by atoms with Crippen LogP contribution in [0.2, 0.25) is 0 Å². The van der Waals surface area contributed by atoms with Gasteiger partial charge in [-0.25, -0.2) is 0 Å². The molecule has 0 aliphatic carbocycles. The van der Waals surface area contributed by atoms with Crippen molar-refractivity contribution >= 4 is 23.3 Å². The van der Waals surface area contributed by atoms with Gasteiger partial charge in [0.15, 0.2) is 19.8 Å². The summed E-state index contributed by atoms with van der Waals surface area (Å²) in [6.07, 6.45) is -40.5. The number of anilines is 4. The second-order valence-electron chi connectivity index (χ2n) is 18.4. The number of rotatable bonds is 30. The molecule has 12 nitrogen and oxygen atoms in total. The third-order valence-corrected chi connectivity index (χ3v) is 11.5. The number of hydrogen-bond acceptors (Lipinski definition) is 12. The minimum Gasteiger partial charge on any atom is -0.457 e. The second-order valence-corrected chi connectivity index (χ2v) is 18.4. The van der Waals surface area contributed by atoms with Crippen LogP contribution in [0.15, 0.2) is 24.3 Å². The molecule has 2 N–H and O–H groups in total. The first-order valence-electron chi connectivity index (χ1n) is 22.7. The van der Waals surface area contributed by atoms with Gasteiger partial charge < -0.3 is 29.6 Å². The summed E-state index contributed by atoms with van der Waals surface area (Å²) in [4.78, 5) is 13.6. The third-order valence-electron chi connectivity index (χ3n) is 11.5. The number of para-hydroxylation sites is 2. The Morgan fingerprint density at radius 2 is 0.420 bits per heavy atom. The van der Waals surface area contributed by atoms with Gasteiger partial charge in [-0.05, 0) is 12.1 Å². The van der Waals surface area contributed by atoms with Crippen molar-refractivity contribution in [2.24, 2.45) is 0 Å². The maximum absolute atomic E-state index is 14.8. The van der Waals surface area contributed by atoms with Crippen LogP contribution >= 0.6 is 0 Å². The molecule has 1 aromatic carbocycles. The van der Waals surface area contributed by atoms with Crippen molar-refractivity contribution in [1.29, 1.82) is 0 Å². The zero-order valence-electron chi connectivity index (χ0n) is 44.1. The molecule has 0 aliphatic rings. The van der Waals surface area contributed by atoms with Crippen LogP contribution < -0.4 is 29.6 Å². The highest BCUT2D eigenvalue weighted by Crippen LogP contribution is 2.65. The van der Waals surface area contributed by atoms with Gasteiger partial charge in [0.05, 0.1) is 11.4 Å². The lowest BCUT2D eigenvalue weighted by Gasteiger charge is -2.39. The largest absolute Gasteiger partial charge is 0.473 e. The van der Waals surface area contributed by atoms with Crippen molar-refractivity contribution < 1.29 is 238 Å². The van der Waals surface area contributed by atoms with E-state index < -0.39 is 205 Å². The Balaban J connectivity index is 2.41. The summed E-state index contributed by atoms with van der Waals surface area (Å²) >= 11 is 0. The zero-order valence-corrected chi connectivity index (χ0v) is 44.1. The molecule has 2 heterocycles. The van der Waals surface area contributed by atoms with Gasteiger partial charge >= 0.3 is 161 Å². The first-order chi connectivity index (χ1) is 43.5. The highest BCUT2D eigenvalue weighted by atomic mass is 19.5. The Bertz CT molecular complexity index is 3280. The molecule has 0 saturated carbocycles. The molecule has 0 amide bonds. The van der Waals surface area contributed by atoms with Gasteiger partial charge in [-0.2, -0.15) is 239 Å². The SMILES string of the molecule is FC(F)(F)C(F)(F)C(F)(F)C(F)(F)C(F)(F)COc1nc(Nc2ccccc2Nc2nc(OCC(F)(F)C(F)(F)C(F)(F)C(F)(F)C(F)(F)C(F)(F)F)nc(OCC(F)(F)C(F)(F)C(F)(F)C(F)(F)C(F)(F)C(F)(F)F)n2)nc(OC(F)(F)C(F)(F)C(F)(F)C(F)(F)C(F)(F)C(F)(F)F)n1. The van der Waals surface area contributed by atoms with E-state index in [2.05, 4.69) is 43.9 Å². The Hall–Kier alpha value is -7.46. The zero-order chi connectivity index (χ0) is 79.6. The van der Waals surface area contributed by atoms with Crippen LogP contribution in [0.3, 0.4) is 0 Å². The van der Waals surface area contributed by atoms with E-state index in [0.29, 0.717) is 12.1 Å². The molecule has 3 aromatic rings. The van der Waals surface area contributed by atoms with E-state index in [4.69, 9.17) is 0 Å². The van der Waals surface area contributed by atoms with Crippen molar-refractivity contribution in [3.05, 3.63) is 24.3 Å². The lowest BCUT2D eigenvalue weighted by molar-refractivity contribution is -0.457. The Kier molecular flexibility index (Phi) is 21.6. The average Bonchev–Trinajstić information content (AvgIpc) is 0.729. The van der Waals surface area contributed by atoms with E-state index in [0.717, 1.165) is 5.32 Å². The van der Waals surface area contributed by atoms with E-state index >= 15 is 0 Å². The monoisotopic (exact) mass is 1590 g/mol. The number of nitrogens with zero attached hydrogens (tertiary/aromatic N) is 6. The maximum Gasteiger partial charge on any atom is 0.473 e. The molecule has 3 rings (SSSR count). The van der Waals surface area contributed by atoms with E-state index in [1.807, 2.05) is 4.98 Å². The lowest BCUT2D eigenvalue weighted by Crippen LogP contribution is -2.70. The molecular formula is C38H12F50N8O4. The molecule has 0 spiro atoms. The molecular weight excluding hydrogens is 1580 g/mol. The highest BCUT2D eigenvalue weighted by molar-refractivity contribution is 5.75. The van der Waals surface area contributed by atoms with Gasteiger partial charge in [-0.1, -0.05) is 12.1 Å². The fraction of sp³-hybridized carbons (Fsp3) is 0.684. The van der Waals surface area contributed by atoms with Gasteiger partial charge in [-0.15, -0.1) is 9.97 Å². The minimum atomic E-state index is -8.94. The Morgan fingerprint density at radius 3 is 0.650 bits per heavy atom. The van der Waals surface area contributed by atoms with Crippen LogP contribution in [-0.2, 0) is 0 Å². The van der Waals surface area contributed by atoms with Crippen molar-refractivity contribution in [3.8, 4) is 24.0 Å². The third kappa shape index (κ3) is 13.8. The van der Waals surface area contributed by atoms with Crippen molar-refractivity contribution in [2.75, 3.05) is 30.5 Å². The number of aromatic nitrogens is 6. The quantitative estimate of drug-likeness (QED) is 0.0615. The standard InChI is InChI=1S/C38H12F50N8O4/c39-16(40,19(45,46)22(51,52)25(57,58)30(67,68)35(78,79)80)5-97-12-91-10(92-13(95-12)98-6-17(41,42)20(47,48)23(53,54)26(59,60)31(69,70)36(81,82)83)89-8-3-1-2-4-9(8)90-11-93-14(99-7-18(43,44)21(49,50)24(55,56)29(65,66)34(75,76)77)96-15(94-11)100-38(87,88)33(73,74)28(63,64)27(61,62)32(71,72)37(84,85)86/h1-4H,5-7H2,(H,89,91,92,95)(H,90,93,94,96). The van der Waals surface area contributed by atoms with Gasteiger partial charge in [0.1, 0.15) is 0 Å². The Labute approximate surface area is 508 Å². The Morgan fingerprint density at radius 1 is 0.230 bits per heavy atom. The molecule has 62 heteroatoms. The van der Waals surface area contributed by atoms with E-state index in [9.17, 15) is 220 Å². The van der Waals surface area contributed by atoms with Crippen LogP contribution in [0.1, 0.15) is 0 Å². The maximum atomic E-state index is 14.8. The number of alkyl halides is 50. The van der Waals surface area contributed by atoms with Gasteiger partial charge in [0.25, 0.3) is 0 Å². The van der Waals surface area contributed by atoms with Gasteiger partial charge in [0.2, 0.25) is 11.9 Å². The summed E-state index contributed by atoms with van der Waals surface area (Å²) in [5.41, 5.74) is -3.34. The van der Waals surface area contributed by atoms with Crippen molar-refractivity contribution in [1.82, 2.24) is 29.9 Å². The highest BCUT2D eigenvalue weighted by Gasteiger charge is 2.95. The topological polar surface area (TPSA) is 138 Å². The summed E-state index contributed by atoms with van der Waals surface area (Å²) in [5.74, 6) is -157. The number of hydrogen-bond donors (Lipinski definition) is 2. The summed E-state index contributed by atoms with van der Waals surface area (Å²) in [6.45, 7) is -12.5. The molecule has 0 aliphatic heterocycles. The van der Waals surface area contributed by atoms with Gasteiger partial charge in [-0.3, -0.25) is 0 Å². The molecule has 578 valence electrons. The molecule has 0 fully saturated rings. The first-order valence-corrected chi connectivity index (χ1v) is 22.7. The molecule has 0 radical (unpaired) electrons. The average molecular weight is 1590 g/mol. The molecule has 100 heavy (non-hydrogen) atoms. The van der Waals surface area contributed by atoms with E-state index in [1.54, 1.807) is 0 Å². The van der Waals surface area contributed by atoms with Gasteiger partial charge in [0, 0.05) is 0 Å². The van der Waals surface area contributed by atoms with Crippen molar-refractivity contribution in [2.45, 2.75) is 137 Å². The van der Waals surface area contributed by atoms with E-state index in [-0.39, 0.29) is 12.1 Å². The van der Waals surface area contributed by atoms with Crippen LogP contribution in [0.4, 0.5) is 243 Å². The predicted molar refractivity (Wildman–Crippen MR) is 208 cm³/mol. The normalized spacial score (nSPS) is 15.6. The summed E-state index contributed by atoms with van der Waals surface area (Å²) in [5, 5.41) is 2.32. The number of halogens is 50. The van der Waals surface area contributed by atoms with Crippen LogP contribution in [0, 0.1) is 0 Å². The lowest BCUT2D eigenvalue weighted by atomic mass is 9.94. The smallest absolute Gasteiger partial charge is 0.457 e. The summed E-state index contributed by atoms with van der Waals surface area (Å²) < 4.78 is 700. The molecule has 0 atom stereocenters. The van der Waals surface area contributed by atoms with Crippen LogP contribution in [0.5, 0.6) is 24.0 Å².